The number of rotatable bonds is 21. The highest BCUT2D eigenvalue weighted by atomic mass is 19.4. The van der Waals surface area contributed by atoms with Crippen molar-refractivity contribution >= 4 is 88.2 Å². The van der Waals surface area contributed by atoms with E-state index in [4.69, 9.17) is 39.4 Å². The lowest BCUT2D eigenvalue weighted by molar-refractivity contribution is -0.142. The quantitative estimate of drug-likeness (QED) is 0.0105. The van der Waals surface area contributed by atoms with Crippen LogP contribution in [0, 0.1) is 17.8 Å². The predicted molar refractivity (Wildman–Crippen MR) is 426 cm³/mol. The number of alkyl halides is 9. The summed E-state index contributed by atoms with van der Waals surface area (Å²) in [5.74, 6) is 0.0245. The number of hydrazine groups is 2. The number of likely N-dealkylation sites (N-methyl/N-ethyl adjacent to an activating group) is 1. The molecule has 1 aromatic heterocycles. The average Bonchev–Trinajstić information content (AvgIpc) is 1.73. The van der Waals surface area contributed by atoms with Gasteiger partial charge >= 0.3 is 54.8 Å². The first-order chi connectivity index (χ1) is 54.8. The Bertz CT molecular complexity index is 4480. The minimum absolute atomic E-state index is 0.0582. The number of anilines is 6. The van der Waals surface area contributed by atoms with Crippen LogP contribution in [0.3, 0.4) is 0 Å². The van der Waals surface area contributed by atoms with Crippen molar-refractivity contribution in [3.05, 3.63) is 179 Å². The number of hydrogen-bond donors (Lipinski definition) is 10. The summed E-state index contributed by atoms with van der Waals surface area (Å²) in [5, 5.41) is 36.7. The van der Waals surface area contributed by atoms with E-state index < -0.39 is 129 Å². The van der Waals surface area contributed by atoms with Gasteiger partial charge in [-0.3, -0.25) is 40.3 Å². The number of amides is 7. The maximum Gasteiger partial charge on any atom is 0.416 e. The van der Waals surface area contributed by atoms with E-state index in [0.29, 0.717) is 57.7 Å². The summed E-state index contributed by atoms with van der Waals surface area (Å²) >= 11 is 0. The number of aliphatic carboxylic acids is 2. The van der Waals surface area contributed by atoms with Crippen LogP contribution in [-0.2, 0) is 51.9 Å². The van der Waals surface area contributed by atoms with Gasteiger partial charge in [0.25, 0.3) is 11.8 Å². The molecule has 0 fully saturated rings. The third-order valence-electron chi connectivity index (χ3n) is 15.3. The normalized spacial score (nSPS) is 12.4. The number of hydrogen-bond acceptors (Lipinski definition) is 20. The number of ether oxygens (including phenoxy) is 4. The number of aromatic nitrogens is 2. The summed E-state index contributed by atoms with van der Waals surface area (Å²) in [4.78, 5) is 108. The minimum atomic E-state index is -4.45. The van der Waals surface area contributed by atoms with Crippen molar-refractivity contribution < 1.29 is 116 Å². The zero-order chi connectivity index (χ0) is 90.5. The zero-order valence-electron chi connectivity index (χ0n) is 69.3. The molecule has 0 saturated carbocycles. The molecule has 119 heavy (non-hydrogen) atoms. The lowest BCUT2D eigenvalue weighted by Crippen LogP contribution is -2.47. The molecule has 0 aliphatic carbocycles. The number of carboxylic acid groups (broad SMARTS) is 2. The van der Waals surface area contributed by atoms with Crippen molar-refractivity contribution in [3.63, 3.8) is 0 Å². The van der Waals surface area contributed by atoms with Gasteiger partial charge in [-0.2, -0.15) is 39.5 Å². The first kappa shape index (κ1) is 101. The molecular weight excluding hydrogens is 1580 g/mol. The van der Waals surface area contributed by atoms with Crippen LogP contribution in [0.2, 0.25) is 0 Å². The van der Waals surface area contributed by atoms with E-state index in [1.54, 1.807) is 171 Å². The van der Waals surface area contributed by atoms with Gasteiger partial charge in [-0.1, -0.05) is 64.1 Å². The van der Waals surface area contributed by atoms with Gasteiger partial charge in [0, 0.05) is 64.4 Å². The number of nitrogens with zero attached hydrogens (tertiary/aromatic N) is 5. The number of nitrogens with one attached hydrogen (secondary N) is 7. The van der Waals surface area contributed by atoms with Crippen LogP contribution >= 0.6 is 0 Å². The van der Waals surface area contributed by atoms with Crippen LogP contribution in [0.1, 0.15) is 160 Å². The van der Waals surface area contributed by atoms with Crippen LogP contribution < -0.4 is 43.4 Å². The van der Waals surface area contributed by atoms with Crippen molar-refractivity contribution in [3.8, 4) is 11.5 Å². The number of nitrogens with two attached hydrogens (primary N) is 1. The lowest BCUT2D eigenvalue weighted by atomic mass is 10.1. The fraction of sp³-hybridized carbons (Fsp3) is 0.420. The number of para-hydroxylation sites is 3. The van der Waals surface area contributed by atoms with Gasteiger partial charge in [0.2, 0.25) is 17.7 Å². The number of halogens is 9. The van der Waals surface area contributed by atoms with E-state index >= 15 is 0 Å². The van der Waals surface area contributed by atoms with Gasteiger partial charge in [-0.15, -0.1) is 10.2 Å². The Morgan fingerprint density at radius 1 is 0.429 bits per heavy atom. The Labute approximate surface area is 683 Å². The number of nitrogen functional groups attached to an aromatic ring is 1. The number of benzene rings is 6. The van der Waals surface area contributed by atoms with Crippen LogP contribution in [0.4, 0.5) is 92.8 Å². The van der Waals surface area contributed by atoms with Gasteiger partial charge in [0.1, 0.15) is 22.4 Å². The molecule has 0 saturated heterocycles. The minimum Gasteiger partial charge on any atom is -0.481 e. The second-order valence-corrected chi connectivity index (χ2v) is 30.8. The Hall–Kier alpha value is -12.4. The highest BCUT2D eigenvalue weighted by Gasteiger charge is 2.34. The molecular formula is C81H104F9N13O16. The fourth-order valence-electron chi connectivity index (χ4n) is 9.33. The molecule has 0 aliphatic heterocycles. The molecule has 0 radical (unpaired) electrons. The topological polar surface area (TPSA) is 390 Å². The van der Waals surface area contributed by atoms with E-state index in [2.05, 4.69) is 42.3 Å². The van der Waals surface area contributed by atoms with E-state index in [-0.39, 0.29) is 37.0 Å². The molecule has 7 amide bonds. The number of carbonyl (C=O) groups excluding carboxylic acids is 7. The van der Waals surface area contributed by atoms with Crippen molar-refractivity contribution in [1.82, 2.24) is 46.5 Å². The SMILES string of the molecule is CC(CN(C)C(=O)OC(C)(C)C)C(=O)NNC(=O)c1ccccc1Nc1ccc(C(F)(F)F)cc1.CC(CN(C)C(=O)OC(C)(C)C)C(=O)O.CC(CN(C)C(=O)OC(C)(C)C)c1nnc(-c2ccccc2Nc2ccc(C(F)(F)F)cc2)o1.CC(CNC(=O)OC(C)(C)C)C(=O)O.NNC(=O)c1ccccc1Nc1ccc(C(F)(F)F)cc1. The number of carbonyl (C=O) groups is 9. The van der Waals surface area contributed by atoms with E-state index in [0.717, 1.165) is 36.4 Å². The summed E-state index contributed by atoms with van der Waals surface area (Å²) < 4.78 is 141. The lowest BCUT2D eigenvalue weighted by Gasteiger charge is -2.26. The summed E-state index contributed by atoms with van der Waals surface area (Å²) in [6.45, 7) is 28.2. The van der Waals surface area contributed by atoms with Crippen molar-refractivity contribution in [2.24, 2.45) is 23.6 Å². The third kappa shape index (κ3) is 37.6. The number of alkyl carbamates (subject to hydrolysis) is 1. The van der Waals surface area contributed by atoms with Crippen molar-refractivity contribution in [2.45, 2.75) is 158 Å². The first-order valence-electron chi connectivity index (χ1n) is 36.6. The monoisotopic (exact) mass is 1690 g/mol. The molecule has 29 nitrogen and oxygen atoms in total. The van der Waals surface area contributed by atoms with Gasteiger partial charge in [-0.05, 0) is 192 Å². The van der Waals surface area contributed by atoms with Crippen molar-refractivity contribution in [2.75, 3.05) is 63.3 Å². The molecule has 7 aromatic rings. The first-order valence-corrected chi connectivity index (χ1v) is 36.6. The van der Waals surface area contributed by atoms with Crippen LogP contribution in [0.25, 0.3) is 11.5 Å². The molecule has 0 spiro atoms. The highest BCUT2D eigenvalue weighted by molar-refractivity contribution is 6.01. The Kier molecular flexibility index (Phi) is 37.5. The zero-order valence-corrected chi connectivity index (χ0v) is 69.3. The van der Waals surface area contributed by atoms with E-state index in [1.165, 1.54) is 78.2 Å². The molecule has 0 bridgehead atoms. The second-order valence-electron chi connectivity index (χ2n) is 30.8. The second kappa shape index (κ2) is 44.3. The molecule has 7 rings (SSSR count). The molecule has 4 atom stereocenters. The Balaban J connectivity index is 0.000000404. The van der Waals surface area contributed by atoms with E-state index in [9.17, 15) is 82.7 Å². The number of carboxylic acids is 2. The smallest absolute Gasteiger partial charge is 0.416 e. The van der Waals surface area contributed by atoms with Gasteiger partial charge in [0.05, 0.1) is 74.1 Å². The largest absolute Gasteiger partial charge is 0.481 e. The molecule has 38 heteroatoms. The molecule has 1 heterocycles. The van der Waals surface area contributed by atoms with Crippen molar-refractivity contribution in [1.29, 1.82) is 0 Å². The maximum atomic E-state index is 12.8. The standard InChI is InChI=1S/C24H29F3N4O4.C24H27F3N4O3.C14H12F3N3O.C10H19NO4.C9H17NO4/c1-15(14-31(5)22(34)35-23(2,3)4)20(32)29-30-21(33)18-8-6-7-9-19(18)28-17-12-10-16(11-13-17)24(25,26)27;1-15(14-31(5)22(32)34-23(2,3)4)20-29-30-21(33-20)18-8-6-7-9-19(18)28-17-12-10-16(11-13-17)24(25,26)27;15-14(16,17)9-5-7-10(8-6-9)19-12-4-2-1-3-11(12)13(21)20-18;1-7(8(12)13)6-11(5)9(14)15-10(2,3)4;1-6(7(11)12)5-10-8(13)14-9(2,3)4/h6-13,15,28H,14H2,1-5H3,(H,29,32)(H,30,33);6-13,15,28H,14H2,1-5H3;1-8,19H,18H2,(H,20,21);7H,6H2,1-5H3,(H,12,13);6H,5H2,1-4H3,(H,10,13)(H,11,12). The Morgan fingerprint density at radius 3 is 1.13 bits per heavy atom. The predicted octanol–water partition coefficient (Wildman–Crippen LogP) is 17.0. The van der Waals surface area contributed by atoms with Gasteiger partial charge < -0.3 is 69.5 Å². The summed E-state index contributed by atoms with van der Waals surface area (Å²) in [6, 6.07) is 33.6. The van der Waals surface area contributed by atoms with Crippen LogP contribution in [0.15, 0.2) is 150 Å². The van der Waals surface area contributed by atoms with Crippen LogP contribution in [0.5, 0.6) is 0 Å². The Morgan fingerprint density at radius 2 is 0.765 bits per heavy atom. The molecule has 6 aromatic carbocycles. The molecule has 4 unspecified atom stereocenters. The maximum absolute atomic E-state index is 12.8. The summed E-state index contributed by atoms with van der Waals surface area (Å²) in [7, 11) is 4.65. The average molecular weight is 1690 g/mol. The summed E-state index contributed by atoms with van der Waals surface area (Å²) in [6.07, 6.45) is -15.4. The van der Waals surface area contributed by atoms with E-state index in [1.807, 2.05) is 12.3 Å². The highest BCUT2D eigenvalue weighted by Crippen LogP contribution is 2.36. The molecule has 0 aliphatic rings. The fourth-order valence-corrected chi connectivity index (χ4v) is 9.33. The van der Waals surface area contributed by atoms with Gasteiger partial charge in [0.15, 0.2) is 0 Å². The van der Waals surface area contributed by atoms with Crippen LogP contribution in [-0.4, -0.2) is 159 Å². The van der Waals surface area contributed by atoms with Gasteiger partial charge in [-0.25, -0.2) is 25.0 Å². The summed E-state index contributed by atoms with van der Waals surface area (Å²) in [5.41, 5.74) is 5.67. The molecule has 11 N–H and O–H groups in total. The molecule has 652 valence electrons. The third-order valence-corrected chi connectivity index (χ3v) is 15.3.